The molecule has 6 heteroatoms. The van der Waals surface area contributed by atoms with E-state index in [4.69, 9.17) is 11.5 Å². The highest BCUT2D eigenvalue weighted by atomic mass is 15.5. The molecule has 112 valence electrons. The first-order valence-corrected chi connectivity index (χ1v) is 7.47. The van der Waals surface area contributed by atoms with Crippen molar-refractivity contribution in [2.75, 3.05) is 11.5 Å². The molecule has 4 N–H and O–H groups in total. The van der Waals surface area contributed by atoms with Crippen LogP contribution < -0.4 is 11.5 Å². The molecule has 1 aromatic carbocycles. The summed E-state index contributed by atoms with van der Waals surface area (Å²) in [4.78, 5) is 0. The monoisotopic (exact) mass is 286 g/mol. The van der Waals surface area contributed by atoms with E-state index in [0.29, 0.717) is 29.3 Å². The van der Waals surface area contributed by atoms with Crippen LogP contribution in [-0.2, 0) is 0 Å². The lowest BCUT2D eigenvalue weighted by Gasteiger charge is -2.31. The fourth-order valence-electron chi connectivity index (χ4n) is 3.54. The summed E-state index contributed by atoms with van der Waals surface area (Å²) in [6, 6.07) is 5.82. The number of rotatable bonds is 2. The molecule has 2 atom stereocenters. The number of hydrogen-bond donors (Lipinski definition) is 2. The van der Waals surface area contributed by atoms with Gasteiger partial charge in [0.1, 0.15) is 0 Å². The number of anilines is 2. The van der Waals surface area contributed by atoms with Crippen molar-refractivity contribution in [1.82, 2.24) is 20.2 Å². The summed E-state index contributed by atoms with van der Waals surface area (Å²) in [5.41, 5.74) is 13.9. The third kappa shape index (κ3) is 2.84. The number of benzene rings is 1. The molecule has 1 aliphatic carbocycles. The first kappa shape index (κ1) is 13.9. The zero-order chi connectivity index (χ0) is 15.0. The van der Waals surface area contributed by atoms with Crippen LogP contribution in [0.15, 0.2) is 18.2 Å². The number of aromatic nitrogens is 4. The Labute approximate surface area is 124 Å². The molecule has 1 heterocycles. The van der Waals surface area contributed by atoms with Gasteiger partial charge in [-0.15, -0.1) is 5.10 Å². The first-order chi connectivity index (χ1) is 10.0. The van der Waals surface area contributed by atoms with Crippen molar-refractivity contribution in [3.8, 4) is 11.4 Å². The molecule has 0 bridgehead atoms. The fraction of sp³-hybridized carbons (Fsp3) is 0.533. The SMILES string of the molecule is CC1CC(C)CC(n2nnnc2-c2cc(N)cc(N)c2)C1. The maximum atomic E-state index is 5.88. The van der Waals surface area contributed by atoms with Crippen molar-refractivity contribution in [3.63, 3.8) is 0 Å². The van der Waals surface area contributed by atoms with Gasteiger partial charge in [-0.1, -0.05) is 13.8 Å². The Morgan fingerprint density at radius 3 is 2.24 bits per heavy atom. The van der Waals surface area contributed by atoms with Gasteiger partial charge in [-0.05, 0) is 59.7 Å². The third-order valence-electron chi connectivity index (χ3n) is 4.23. The van der Waals surface area contributed by atoms with E-state index in [-0.39, 0.29) is 0 Å². The van der Waals surface area contributed by atoms with Crippen LogP contribution in [0.2, 0.25) is 0 Å². The molecule has 0 aliphatic heterocycles. The van der Waals surface area contributed by atoms with Crippen molar-refractivity contribution in [3.05, 3.63) is 18.2 Å². The van der Waals surface area contributed by atoms with Crippen LogP contribution in [0.3, 0.4) is 0 Å². The van der Waals surface area contributed by atoms with Crippen LogP contribution in [-0.4, -0.2) is 20.2 Å². The smallest absolute Gasteiger partial charge is 0.182 e. The van der Waals surface area contributed by atoms with E-state index < -0.39 is 0 Å². The number of nitrogens with zero attached hydrogens (tertiary/aromatic N) is 4. The van der Waals surface area contributed by atoms with Crippen molar-refractivity contribution < 1.29 is 0 Å². The second kappa shape index (κ2) is 5.35. The van der Waals surface area contributed by atoms with Gasteiger partial charge in [0.2, 0.25) is 0 Å². The molecule has 0 saturated heterocycles. The molecule has 1 aromatic heterocycles. The molecule has 0 radical (unpaired) electrons. The number of tetrazole rings is 1. The Bertz CT molecular complexity index is 605. The summed E-state index contributed by atoms with van der Waals surface area (Å²) in [5.74, 6) is 2.14. The molecule has 21 heavy (non-hydrogen) atoms. The van der Waals surface area contributed by atoms with Gasteiger partial charge < -0.3 is 11.5 Å². The number of nitrogens with two attached hydrogens (primary N) is 2. The molecule has 1 aliphatic rings. The molecule has 3 rings (SSSR count). The van der Waals surface area contributed by atoms with Crippen molar-refractivity contribution in [1.29, 1.82) is 0 Å². The Morgan fingerprint density at radius 2 is 1.62 bits per heavy atom. The van der Waals surface area contributed by atoms with Crippen LogP contribution in [0.25, 0.3) is 11.4 Å². The fourth-order valence-corrected chi connectivity index (χ4v) is 3.54. The number of nitrogen functional groups attached to an aromatic ring is 2. The Morgan fingerprint density at radius 1 is 1.00 bits per heavy atom. The van der Waals surface area contributed by atoms with Crippen molar-refractivity contribution >= 4 is 11.4 Å². The van der Waals surface area contributed by atoms with Crippen LogP contribution in [0, 0.1) is 11.8 Å². The molecule has 2 aromatic rings. The van der Waals surface area contributed by atoms with E-state index in [9.17, 15) is 0 Å². The minimum Gasteiger partial charge on any atom is -0.399 e. The van der Waals surface area contributed by atoms with Crippen LogP contribution in [0.1, 0.15) is 39.2 Å². The predicted octanol–water partition coefficient (Wildman–Crippen LogP) is 2.50. The van der Waals surface area contributed by atoms with Crippen LogP contribution in [0.5, 0.6) is 0 Å². The topological polar surface area (TPSA) is 95.6 Å². The van der Waals surface area contributed by atoms with Crippen LogP contribution >= 0.6 is 0 Å². The van der Waals surface area contributed by atoms with E-state index >= 15 is 0 Å². The zero-order valence-corrected chi connectivity index (χ0v) is 12.5. The largest absolute Gasteiger partial charge is 0.399 e. The quantitative estimate of drug-likeness (QED) is 0.827. The van der Waals surface area contributed by atoms with Gasteiger partial charge in [-0.2, -0.15) is 0 Å². The maximum Gasteiger partial charge on any atom is 0.182 e. The Hall–Kier alpha value is -2.11. The first-order valence-electron chi connectivity index (χ1n) is 7.47. The highest BCUT2D eigenvalue weighted by molar-refractivity contribution is 5.67. The standard InChI is InChI=1S/C15H22N6/c1-9-3-10(2)5-14(4-9)21-15(18-19-20-21)11-6-12(16)8-13(17)7-11/h6-10,14H,3-5,16-17H2,1-2H3. The van der Waals surface area contributed by atoms with E-state index in [1.54, 1.807) is 6.07 Å². The van der Waals surface area contributed by atoms with Gasteiger partial charge >= 0.3 is 0 Å². The summed E-state index contributed by atoms with van der Waals surface area (Å²) < 4.78 is 1.94. The van der Waals surface area contributed by atoms with Gasteiger partial charge in [0.15, 0.2) is 5.82 Å². The maximum absolute atomic E-state index is 5.88. The molecule has 0 spiro atoms. The Kier molecular flexibility index (Phi) is 3.53. The highest BCUT2D eigenvalue weighted by Crippen LogP contribution is 2.37. The van der Waals surface area contributed by atoms with E-state index in [0.717, 1.165) is 24.2 Å². The molecule has 0 amide bonds. The predicted molar refractivity (Wildman–Crippen MR) is 83.3 cm³/mol. The molecule has 1 saturated carbocycles. The lowest BCUT2D eigenvalue weighted by atomic mass is 9.80. The van der Waals surface area contributed by atoms with Gasteiger partial charge in [0.25, 0.3) is 0 Å². The van der Waals surface area contributed by atoms with E-state index in [1.807, 2.05) is 16.8 Å². The summed E-state index contributed by atoms with van der Waals surface area (Å²) in [5, 5.41) is 12.3. The van der Waals surface area contributed by atoms with E-state index in [1.165, 1.54) is 6.42 Å². The molecule has 6 nitrogen and oxygen atoms in total. The van der Waals surface area contributed by atoms with Gasteiger partial charge in [0, 0.05) is 16.9 Å². The minimum absolute atomic E-state index is 0.344. The summed E-state index contributed by atoms with van der Waals surface area (Å²) in [7, 11) is 0. The zero-order valence-electron chi connectivity index (χ0n) is 12.5. The van der Waals surface area contributed by atoms with Gasteiger partial charge in [-0.25, -0.2) is 4.68 Å². The molecular weight excluding hydrogens is 264 g/mol. The summed E-state index contributed by atoms with van der Waals surface area (Å²) in [6.07, 6.45) is 3.50. The van der Waals surface area contributed by atoms with E-state index in [2.05, 4.69) is 29.4 Å². The van der Waals surface area contributed by atoms with Crippen LogP contribution in [0.4, 0.5) is 11.4 Å². The summed E-state index contributed by atoms with van der Waals surface area (Å²) >= 11 is 0. The van der Waals surface area contributed by atoms with Gasteiger partial charge in [-0.3, -0.25) is 0 Å². The lowest BCUT2D eigenvalue weighted by molar-refractivity contribution is 0.209. The number of hydrogen-bond acceptors (Lipinski definition) is 5. The highest BCUT2D eigenvalue weighted by Gasteiger charge is 2.28. The normalized spacial score (nSPS) is 25.9. The van der Waals surface area contributed by atoms with Crippen molar-refractivity contribution in [2.24, 2.45) is 11.8 Å². The van der Waals surface area contributed by atoms with Gasteiger partial charge in [0.05, 0.1) is 6.04 Å². The lowest BCUT2D eigenvalue weighted by Crippen LogP contribution is -2.24. The second-order valence-electron chi connectivity index (χ2n) is 6.41. The second-order valence-corrected chi connectivity index (χ2v) is 6.41. The minimum atomic E-state index is 0.344. The summed E-state index contributed by atoms with van der Waals surface area (Å²) in [6.45, 7) is 4.59. The molecule has 1 fully saturated rings. The van der Waals surface area contributed by atoms with Crippen molar-refractivity contribution in [2.45, 2.75) is 39.2 Å². The average Bonchev–Trinajstić information content (AvgIpc) is 2.85. The Balaban J connectivity index is 1.97. The average molecular weight is 286 g/mol. The molecule has 2 unspecified atom stereocenters. The molecular formula is C15H22N6. The third-order valence-corrected chi connectivity index (χ3v) is 4.23.